The molecule has 4 aromatic rings. The molecular weight excluding hydrogens is 448 g/mol. The van der Waals surface area contributed by atoms with E-state index in [2.05, 4.69) is 15.4 Å². The molecule has 2 aromatic carbocycles. The number of fused-ring (bicyclic) bond motifs is 1. The summed E-state index contributed by atoms with van der Waals surface area (Å²) in [6.45, 7) is 5.83. The molecule has 8 nitrogen and oxygen atoms in total. The van der Waals surface area contributed by atoms with Crippen LogP contribution < -0.4 is 10.1 Å². The molecule has 1 N–H and O–H groups in total. The Balaban J connectivity index is 1.68. The summed E-state index contributed by atoms with van der Waals surface area (Å²) in [5.41, 5.74) is 1.68. The molecule has 10 heteroatoms. The quantitative estimate of drug-likeness (QED) is 0.433. The number of ether oxygens (including phenoxy) is 1. The van der Waals surface area contributed by atoms with Gasteiger partial charge in [0, 0.05) is 11.6 Å². The van der Waals surface area contributed by atoms with Crippen LogP contribution in [0.2, 0.25) is 0 Å². The maximum Gasteiger partial charge on any atom is 0.256 e. The van der Waals surface area contributed by atoms with E-state index in [1.165, 1.54) is 23.5 Å². The van der Waals surface area contributed by atoms with Crippen molar-refractivity contribution in [1.82, 2.24) is 14.8 Å². The van der Waals surface area contributed by atoms with Gasteiger partial charge < -0.3 is 10.1 Å². The molecule has 4 rings (SSSR count). The number of carbonyl (C=O) groups excluding carboxylic acids is 1. The smallest absolute Gasteiger partial charge is 0.256 e. The van der Waals surface area contributed by atoms with Crippen LogP contribution in [0.15, 0.2) is 53.4 Å². The van der Waals surface area contributed by atoms with E-state index in [-0.39, 0.29) is 16.2 Å². The Kier molecular flexibility index (Phi) is 5.98. The van der Waals surface area contributed by atoms with Crippen molar-refractivity contribution in [2.45, 2.75) is 25.7 Å². The third-order valence-electron chi connectivity index (χ3n) is 4.76. The van der Waals surface area contributed by atoms with E-state index in [1.807, 2.05) is 32.0 Å². The molecule has 0 aliphatic carbocycles. The van der Waals surface area contributed by atoms with Gasteiger partial charge in [0.25, 0.3) is 5.91 Å². The van der Waals surface area contributed by atoms with Crippen LogP contribution in [-0.4, -0.2) is 41.4 Å². The zero-order valence-corrected chi connectivity index (χ0v) is 19.5. The number of nitrogens with zero attached hydrogens (tertiary/aromatic N) is 3. The topological polar surface area (TPSA) is 103 Å². The molecule has 166 valence electrons. The number of hydrogen-bond donors (Lipinski definition) is 1. The molecule has 1 amide bonds. The van der Waals surface area contributed by atoms with E-state index >= 15 is 0 Å². The summed E-state index contributed by atoms with van der Waals surface area (Å²) in [4.78, 5) is 17.7. The van der Waals surface area contributed by atoms with Crippen LogP contribution in [0.25, 0.3) is 15.3 Å². The number of aryl methyl sites for hydroxylation is 1. The summed E-state index contributed by atoms with van der Waals surface area (Å²) in [6.07, 6.45) is 0. The molecule has 2 aromatic heterocycles. The number of thiazole rings is 1. The van der Waals surface area contributed by atoms with Gasteiger partial charge in [0.1, 0.15) is 17.1 Å². The van der Waals surface area contributed by atoms with E-state index in [0.717, 1.165) is 10.2 Å². The van der Waals surface area contributed by atoms with Crippen molar-refractivity contribution >= 4 is 43.1 Å². The molecule has 0 bridgehead atoms. The van der Waals surface area contributed by atoms with E-state index in [4.69, 9.17) is 4.74 Å². The van der Waals surface area contributed by atoms with Gasteiger partial charge in [-0.05, 0) is 44.2 Å². The predicted octanol–water partition coefficient (Wildman–Crippen LogP) is 4.24. The maximum atomic E-state index is 12.9. The molecule has 0 aliphatic heterocycles. The van der Waals surface area contributed by atoms with Crippen LogP contribution in [-0.2, 0) is 9.84 Å². The highest BCUT2D eigenvalue weighted by Crippen LogP contribution is 2.32. The zero-order chi connectivity index (χ0) is 22.9. The van der Waals surface area contributed by atoms with Crippen molar-refractivity contribution in [1.29, 1.82) is 0 Å². The first-order valence-corrected chi connectivity index (χ1v) is 12.5. The lowest BCUT2D eigenvalue weighted by atomic mass is 10.2. The Morgan fingerprint density at radius 1 is 1.16 bits per heavy atom. The lowest BCUT2D eigenvalue weighted by Gasteiger charge is -2.08. The zero-order valence-electron chi connectivity index (χ0n) is 17.8. The van der Waals surface area contributed by atoms with Crippen molar-refractivity contribution in [3.8, 4) is 10.9 Å². The standard InChI is InChI=1S/C22H22N4O4S2/c1-4-30-17-10-7-11-18-20(17)24-22(31-18)26-19(12-14(3)25-26)23-21(27)15-8-6-9-16(13-15)32(28,29)5-2/h6-13H,4-5H2,1-3H3,(H,23,27). The molecule has 0 saturated heterocycles. The molecular formula is C22H22N4O4S2. The third-order valence-corrected chi connectivity index (χ3v) is 7.49. The summed E-state index contributed by atoms with van der Waals surface area (Å²) in [6, 6.07) is 13.5. The van der Waals surface area contributed by atoms with E-state index in [1.54, 1.807) is 29.8 Å². The number of anilines is 1. The highest BCUT2D eigenvalue weighted by Gasteiger charge is 2.18. The highest BCUT2D eigenvalue weighted by molar-refractivity contribution is 7.91. The molecule has 0 radical (unpaired) electrons. The summed E-state index contributed by atoms with van der Waals surface area (Å²) in [5.74, 6) is 0.658. The summed E-state index contributed by atoms with van der Waals surface area (Å²) < 4.78 is 32.5. The number of nitrogens with one attached hydrogen (secondary N) is 1. The fourth-order valence-corrected chi connectivity index (χ4v) is 5.07. The number of benzene rings is 2. The minimum absolute atomic E-state index is 0.0363. The number of rotatable bonds is 7. The number of carbonyl (C=O) groups is 1. The monoisotopic (exact) mass is 470 g/mol. The van der Waals surface area contributed by atoms with E-state index in [9.17, 15) is 13.2 Å². The molecule has 0 fully saturated rings. The molecule has 0 spiro atoms. The lowest BCUT2D eigenvalue weighted by Crippen LogP contribution is -2.16. The fraction of sp³-hybridized carbons (Fsp3) is 0.227. The Morgan fingerprint density at radius 2 is 1.94 bits per heavy atom. The van der Waals surface area contributed by atoms with Crippen LogP contribution in [0.5, 0.6) is 5.75 Å². The van der Waals surface area contributed by atoms with Crippen molar-refractivity contribution in [3.05, 3.63) is 59.8 Å². The van der Waals surface area contributed by atoms with Crippen molar-refractivity contribution in [2.24, 2.45) is 0 Å². The Hall–Kier alpha value is -3.24. The minimum atomic E-state index is -3.42. The lowest BCUT2D eigenvalue weighted by molar-refractivity contribution is 0.102. The number of para-hydroxylation sites is 1. The second-order valence-corrected chi connectivity index (χ2v) is 10.3. The average molecular weight is 471 g/mol. The van der Waals surface area contributed by atoms with E-state index in [0.29, 0.717) is 29.0 Å². The van der Waals surface area contributed by atoms with Gasteiger partial charge in [-0.2, -0.15) is 9.78 Å². The van der Waals surface area contributed by atoms with Gasteiger partial charge in [-0.3, -0.25) is 4.79 Å². The molecule has 32 heavy (non-hydrogen) atoms. The van der Waals surface area contributed by atoms with Gasteiger partial charge >= 0.3 is 0 Å². The fourth-order valence-electron chi connectivity index (χ4n) is 3.19. The first kappa shape index (κ1) is 22.0. The summed E-state index contributed by atoms with van der Waals surface area (Å²) >= 11 is 1.43. The van der Waals surface area contributed by atoms with Gasteiger partial charge in [0.15, 0.2) is 9.84 Å². The number of sulfone groups is 1. The van der Waals surface area contributed by atoms with Crippen LogP contribution in [0.3, 0.4) is 0 Å². The Morgan fingerprint density at radius 3 is 2.69 bits per heavy atom. The van der Waals surface area contributed by atoms with Gasteiger partial charge in [0.05, 0.1) is 27.6 Å². The number of amides is 1. The predicted molar refractivity (Wildman–Crippen MR) is 125 cm³/mol. The Bertz CT molecular complexity index is 1410. The van der Waals surface area contributed by atoms with Gasteiger partial charge in [-0.15, -0.1) is 0 Å². The SMILES string of the molecule is CCOc1cccc2sc(-n3nc(C)cc3NC(=O)c3cccc(S(=O)(=O)CC)c3)nc12. The summed E-state index contributed by atoms with van der Waals surface area (Å²) in [7, 11) is -3.42. The summed E-state index contributed by atoms with van der Waals surface area (Å²) in [5, 5.41) is 7.89. The molecule has 0 aliphatic rings. The van der Waals surface area contributed by atoms with E-state index < -0.39 is 15.7 Å². The van der Waals surface area contributed by atoms with Crippen molar-refractivity contribution in [3.63, 3.8) is 0 Å². The molecule has 0 saturated carbocycles. The van der Waals surface area contributed by atoms with Crippen molar-refractivity contribution < 1.29 is 17.9 Å². The largest absolute Gasteiger partial charge is 0.492 e. The molecule has 2 heterocycles. The normalized spacial score (nSPS) is 11.6. The van der Waals surface area contributed by atoms with Crippen molar-refractivity contribution in [2.75, 3.05) is 17.7 Å². The second kappa shape index (κ2) is 8.71. The molecule has 0 unspecified atom stereocenters. The van der Waals surface area contributed by atoms with Gasteiger partial charge in [-0.1, -0.05) is 30.4 Å². The highest BCUT2D eigenvalue weighted by atomic mass is 32.2. The minimum Gasteiger partial charge on any atom is -0.492 e. The van der Waals surface area contributed by atoms with Crippen LogP contribution in [0, 0.1) is 6.92 Å². The first-order valence-electron chi connectivity index (χ1n) is 10.1. The third kappa shape index (κ3) is 4.23. The van der Waals surface area contributed by atoms with Crippen LogP contribution in [0.1, 0.15) is 29.9 Å². The average Bonchev–Trinajstić information content (AvgIpc) is 3.37. The Labute approximate surface area is 189 Å². The van der Waals surface area contributed by atoms with Gasteiger partial charge in [0.2, 0.25) is 5.13 Å². The van der Waals surface area contributed by atoms with Crippen LogP contribution in [0.4, 0.5) is 5.82 Å². The first-order chi connectivity index (χ1) is 15.3. The number of aromatic nitrogens is 3. The van der Waals surface area contributed by atoms with Crippen LogP contribution >= 0.6 is 11.3 Å². The number of hydrogen-bond acceptors (Lipinski definition) is 7. The molecule has 0 atom stereocenters. The second-order valence-electron chi connectivity index (χ2n) is 7.00. The maximum absolute atomic E-state index is 12.9. The van der Waals surface area contributed by atoms with Gasteiger partial charge in [-0.25, -0.2) is 13.4 Å².